The van der Waals surface area contributed by atoms with E-state index in [4.69, 9.17) is 23.2 Å². The van der Waals surface area contributed by atoms with Crippen LogP contribution in [-0.4, -0.2) is 10.9 Å². The second kappa shape index (κ2) is 3.70. The zero-order valence-electron chi connectivity index (χ0n) is 6.76. The Kier molecular flexibility index (Phi) is 2.75. The van der Waals surface area contributed by atoms with Crippen molar-refractivity contribution >= 4 is 35.0 Å². The molecule has 1 atom stereocenters. The fourth-order valence-corrected chi connectivity index (χ4v) is 2.96. The molecule has 1 heterocycles. The Hall–Kier alpha value is 0.110. The van der Waals surface area contributed by atoms with E-state index in [0.29, 0.717) is 10.0 Å². The third-order valence-corrected chi connectivity index (χ3v) is 4.00. The first-order chi connectivity index (χ1) is 6.20. The summed E-state index contributed by atoms with van der Waals surface area (Å²) in [5, 5.41) is 10.8. The molecule has 0 saturated heterocycles. The number of benzene rings is 1. The number of hydrogen-bond donors (Lipinski definition) is 1. The van der Waals surface area contributed by atoms with Crippen LogP contribution < -0.4 is 0 Å². The molecule has 1 N–H and O–H groups in total. The molecule has 1 nitrogen and oxygen atoms in total. The lowest BCUT2D eigenvalue weighted by atomic mass is 10.0. The van der Waals surface area contributed by atoms with Gasteiger partial charge in [0.15, 0.2) is 0 Å². The number of halogens is 2. The molecule has 0 spiro atoms. The monoisotopic (exact) mass is 234 g/mol. The van der Waals surface area contributed by atoms with Crippen LogP contribution in [0.5, 0.6) is 0 Å². The fraction of sp³-hybridized carbons (Fsp3) is 0.333. The van der Waals surface area contributed by atoms with Crippen LogP contribution in [0.4, 0.5) is 0 Å². The van der Waals surface area contributed by atoms with Crippen LogP contribution in [0.25, 0.3) is 0 Å². The molecule has 1 aliphatic heterocycles. The van der Waals surface area contributed by atoms with E-state index in [1.165, 1.54) is 0 Å². The molecule has 70 valence electrons. The largest absolute Gasteiger partial charge is 0.388 e. The van der Waals surface area contributed by atoms with Gasteiger partial charge in [0.2, 0.25) is 0 Å². The van der Waals surface area contributed by atoms with Crippen LogP contribution in [0.15, 0.2) is 12.1 Å². The minimum absolute atomic E-state index is 0.400. The quantitative estimate of drug-likeness (QED) is 0.744. The van der Waals surface area contributed by atoms with Crippen LogP contribution in [-0.2, 0) is 5.75 Å². The van der Waals surface area contributed by atoms with Gasteiger partial charge in [0.05, 0.1) is 16.1 Å². The Bertz CT molecular complexity index is 341. The molecule has 13 heavy (non-hydrogen) atoms. The second-order valence-electron chi connectivity index (χ2n) is 2.96. The highest BCUT2D eigenvalue weighted by Gasteiger charge is 2.21. The van der Waals surface area contributed by atoms with Crippen molar-refractivity contribution in [2.24, 2.45) is 0 Å². The molecule has 1 aliphatic rings. The average molecular weight is 235 g/mol. The number of aliphatic hydroxyl groups is 1. The Morgan fingerprint density at radius 2 is 2.15 bits per heavy atom. The van der Waals surface area contributed by atoms with E-state index in [2.05, 4.69) is 0 Å². The highest BCUT2D eigenvalue weighted by atomic mass is 35.5. The van der Waals surface area contributed by atoms with Gasteiger partial charge in [-0.05, 0) is 17.2 Å². The van der Waals surface area contributed by atoms with Gasteiger partial charge in [0, 0.05) is 11.5 Å². The first kappa shape index (κ1) is 9.66. The first-order valence-corrected chi connectivity index (χ1v) is 5.84. The third kappa shape index (κ3) is 1.68. The Labute approximate surface area is 91.0 Å². The lowest BCUT2D eigenvalue weighted by Crippen LogP contribution is -2.10. The van der Waals surface area contributed by atoms with Crippen LogP contribution in [0.3, 0.4) is 0 Å². The van der Waals surface area contributed by atoms with Crippen LogP contribution in [0.1, 0.15) is 17.2 Å². The molecule has 4 heteroatoms. The predicted molar refractivity (Wildman–Crippen MR) is 57.6 cm³/mol. The first-order valence-electron chi connectivity index (χ1n) is 3.92. The molecule has 0 aromatic heterocycles. The van der Waals surface area contributed by atoms with E-state index in [0.717, 1.165) is 22.6 Å². The van der Waals surface area contributed by atoms with E-state index >= 15 is 0 Å². The van der Waals surface area contributed by atoms with Crippen molar-refractivity contribution in [2.75, 3.05) is 5.75 Å². The van der Waals surface area contributed by atoms with E-state index < -0.39 is 6.10 Å². The number of rotatable bonds is 0. The predicted octanol–water partition coefficient (Wildman–Crippen LogP) is 3.27. The maximum absolute atomic E-state index is 9.65. The van der Waals surface area contributed by atoms with Gasteiger partial charge in [-0.25, -0.2) is 0 Å². The van der Waals surface area contributed by atoms with Crippen molar-refractivity contribution in [3.05, 3.63) is 33.3 Å². The minimum Gasteiger partial charge on any atom is -0.388 e. The van der Waals surface area contributed by atoms with Crippen LogP contribution in [0, 0.1) is 0 Å². The van der Waals surface area contributed by atoms with Gasteiger partial charge in [0.1, 0.15) is 0 Å². The highest BCUT2D eigenvalue weighted by molar-refractivity contribution is 7.98. The van der Waals surface area contributed by atoms with Crippen molar-refractivity contribution in [1.82, 2.24) is 0 Å². The van der Waals surface area contributed by atoms with Crippen molar-refractivity contribution in [1.29, 1.82) is 0 Å². The summed E-state index contributed by atoms with van der Waals surface area (Å²) in [6.45, 7) is 0. The van der Waals surface area contributed by atoms with Crippen molar-refractivity contribution < 1.29 is 5.11 Å². The molecular formula is C9H8Cl2OS. The summed E-state index contributed by atoms with van der Waals surface area (Å²) >= 11 is 13.6. The molecule has 1 aromatic carbocycles. The maximum Gasteiger partial charge on any atom is 0.0884 e. The molecule has 2 rings (SSSR count). The molecule has 0 radical (unpaired) electrons. The van der Waals surface area contributed by atoms with Gasteiger partial charge in [-0.1, -0.05) is 29.3 Å². The van der Waals surface area contributed by atoms with E-state index in [-0.39, 0.29) is 0 Å². The number of thioether (sulfide) groups is 1. The molecule has 0 unspecified atom stereocenters. The summed E-state index contributed by atoms with van der Waals surface area (Å²) in [4.78, 5) is 0. The van der Waals surface area contributed by atoms with Crippen molar-refractivity contribution in [3.63, 3.8) is 0 Å². The maximum atomic E-state index is 9.65. The lowest BCUT2D eigenvalue weighted by Gasteiger charge is -2.22. The van der Waals surface area contributed by atoms with Crippen LogP contribution in [0.2, 0.25) is 10.0 Å². The molecule has 0 amide bonds. The fourth-order valence-electron chi connectivity index (χ4n) is 1.43. The third-order valence-electron chi connectivity index (χ3n) is 2.11. The van der Waals surface area contributed by atoms with Crippen molar-refractivity contribution in [3.8, 4) is 0 Å². The SMILES string of the molecule is O[C@H]1CSCc2c1ccc(Cl)c2Cl. The van der Waals surface area contributed by atoms with E-state index in [1.54, 1.807) is 17.8 Å². The molecule has 0 fully saturated rings. The van der Waals surface area contributed by atoms with Gasteiger partial charge in [0.25, 0.3) is 0 Å². The van der Waals surface area contributed by atoms with Gasteiger partial charge in [-0.2, -0.15) is 11.8 Å². The van der Waals surface area contributed by atoms with Crippen LogP contribution >= 0.6 is 35.0 Å². The molecule has 0 aliphatic carbocycles. The summed E-state index contributed by atoms with van der Waals surface area (Å²) in [6.07, 6.45) is -0.400. The van der Waals surface area contributed by atoms with E-state index in [1.807, 2.05) is 6.07 Å². The normalized spacial score (nSPS) is 21.3. The summed E-state index contributed by atoms with van der Waals surface area (Å²) in [5.74, 6) is 1.58. The zero-order chi connectivity index (χ0) is 9.42. The summed E-state index contributed by atoms with van der Waals surface area (Å²) in [6, 6.07) is 3.59. The topological polar surface area (TPSA) is 20.2 Å². The molecule has 0 bridgehead atoms. The summed E-state index contributed by atoms with van der Waals surface area (Å²) in [5.41, 5.74) is 1.91. The Morgan fingerprint density at radius 3 is 2.92 bits per heavy atom. The standard InChI is InChI=1S/C9H8Cl2OS/c10-7-2-1-5-6(9(7)11)3-13-4-8(5)12/h1-2,8,12H,3-4H2/t8-/m0/s1. The van der Waals surface area contributed by atoms with Gasteiger partial charge >= 0.3 is 0 Å². The van der Waals surface area contributed by atoms with Crippen molar-refractivity contribution in [2.45, 2.75) is 11.9 Å². The molecular weight excluding hydrogens is 227 g/mol. The summed E-state index contributed by atoms with van der Waals surface area (Å²) in [7, 11) is 0. The number of hydrogen-bond acceptors (Lipinski definition) is 2. The Morgan fingerprint density at radius 1 is 1.38 bits per heavy atom. The zero-order valence-corrected chi connectivity index (χ0v) is 9.09. The Balaban J connectivity index is 2.56. The van der Waals surface area contributed by atoms with Gasteiger partial charge in [-0.3, -0.25) is 0 Å². The average Bonchev–Trinajstić information content (AvgIpc) is 2.12. The smallest absolute Gasteiger partial charge is 0.0884 e. The second-order valence-corrected chi connectivity index (χ2v) is 4.78. The van der Waals surface area contributed by atoms with Gasteiger partial charge in [-0.15, -0.1) is 0 Å². The summed E-state index contributed by atoms with van der Waals surface area (Å²) < 4.78 is 0. The molecule has 1 aromatic rings. The van der Waals surface area contributed by atoms with Gasteiger partial charge < -0.3 is 5.11 Å². The minimum atomic E-state index is -0.400. The van der Waals surface area contributed by atoms with E-state index in [9.17, 15) is 5.11 Å². The highest BCUT2D eigenvalue weighted by Crippen LogP contribution is 2.38. The number of fused-ring (bicyclic) bond motifs is 1. The number of aliphatic hydroxyl groups excluding tert-OH is 1. The molecule has 0 saturated carbocycles. The lowest BCUT2D eigenvalue weighted by molar-refractivity contribution is 0.202.